The number of carbonyl (C=O) groups is 3. The van der Waals surface area contributed by atoms with Gasteiger partial charge in [0.1, 0.15) is 23.0 Å². The van der Waals surface area contributed by atoms with E-state index >= 15 is 0 Å². The molecule has 0 radical (unpaired) electrons. The fourth-order valence-corrected chi connectivity index (χ4v) is 11.1. The Kier molecular flexibility index (Phi) is 23.0. The molecule has 3 saturated carbocycles. The van der Waals surface area contributed by atoms with Gasteiger partial charge in [-0.2, -0.15) is 10.4 Å². The van der Waals surface area contributed by atoms with E-state index in [0.29, 0.717) is 18.2 Å². The number of halogens is 9. The zero-order valence-corrected chi connectivity index (χ0v) is 49.5. The monoisotopic (exact) mass is 1290 g/mol. The number of rotatable bonds is 20. The van der Waals surface area contributed by atoms with Crippen molar-refractivity contribution < 1.29 is 87.4 Å². The molecule has 91 heavy (non-hydrogen) atoms. The maximum atomic E-state index is 12.5. The third kappa shape index (κ3) is 20.3. The second kappa shape index (κ2) is 30.9. The molecular formula is C60H67F9N12O10. The van der Waals surface area contributed by atoms with Crippen molar-refractivity contribution in [1.82, 2.24) is 45.8 Å². The summed E-state index contributed by atoms with van der Waals surface area (Å²) in [6.07, 6.45) is -4.16. The predicted molar refractivity (Wildman–Crippen MR) is 309 cm³/mol. The minimum Gasteiger partial charge on any atom is -0.497 e. The number of methoxy groups -OCH3 is 1. The molecule has 10 rings (SSSR count). The van der Waals surface area contributed by atoms with Crippen molar-refractivity contribution in [3.63, 3.8) is 0 Å². The summed E-state index contributed by atoms with van der Waals surface area (Å²) in [6.45, 7) is 4.33. The van der Waals surface area contributed by atoms with Crippen LogP contribution in [0.3, 0.4) is 0 Å². The number of nitrogens with one attached hydrogen (secondary N) is 5. The molecule has 0 amide bonds. The number of benzene rings is 4. The number of aromatic nitrogens is 9. The van der Waals surface area contributed by atoms with Crippen molar-refractivity contribution >= 4 is 35.4 Å². The number of aromatic amines is 2. The summed E-state index contributed by atoms with van der Waals surface area (Å²) in [5.41, 5.74) is 4.01. The third-order valence-electron chi connectivity index (χ3n) is 15.4. The van der Waals surface area contributed by atoms with Gasteiger partial charge < -0.3 is 49.5 Å². The number of hydrogen-bond donors (Lipinski definition) is 6. The van der Waals surface area contributed by atoms with Crippen LogP contribution in [0.1, 0.15) is 162 Å². The topological polar surface area (TPSA) is 277 Å². The van der Waals surface area contributed by atoms with Crippen LogP contribution in [-0.2, 0) is 16.0 Å². The molecule has 7 aromatic rings. The summed E-state index contributed by atoms with van der Waals surface area (Å²) in [5.74, 6) is -0.341. The SMILES string of the molecule is CCOC(=O)c1n[nH]nc1NC1CCC(c2ccc(OC(F)(F)F)cc2)CC1.CCOC(=O)c1nnn(Cc2ccc(OC)cc2)c1NC1CCC(c2ccc(OC(F)(F)F)cc2)CC1.O=C(O)c1n[nH]nc1NC1CCC(c2ccc(OC(F)(F)F)cc2)CC1. The molecule has 22 nitrogen and oxygen atoms in total. The Bertz CT molecular complexity index is 3410. The first-order valence-corrected chi connectivity index (χ1v) is 29.2. The number of anilines is 3. The number of carbonyl (C=O) groups excluding carboxylic acids is 2. The Hall–Kier alpha value is -9.32. The van der Waals surface area contributed by atoms with Gasteiger partial charge in [-0.05, 0) is 179 Å². The minimum atomic E-state index is -4.71. The van der Waals surface area contributed by atoms with Gasteiger partial charge in [0.25, 0.3) is 0 Å². The molecule has 3 aliphatic rings. The third-order valence-corrected chi connectivity index (χ3v) is 15.4. The van der Waals surface area contributed by atoms with Crippen molar-refractivity contribution in [1.29, 1.82) is 0 Å². The zero-order chi connectivity index (χ0) is 65.3. The number of aromatic carboxylic acids is 1. The van der Waals surface area contributed by atoms with E-state index in [4.69, 9.17) is 19.3 Å². The molecule has 0 saturated heterocycles. The standard InChI is InChI=1S/C26H29F3N4O4.C18H21F3N4O3.C16H17F3N4O3/c1-3-36-25(34)23-24(33(32-31-23)16-17-4-12-21(35-2)13-5-17)30-20-10-6-18(7-11-20)19-8-14-22(15-9-19)37-26(27,28)29;1-2-27-17(26)15-16(24-25-23-15)22-13-7-3-11(4-8-13)12-5-9-14(10-6-12)28-18(19,20)21;17-16(18,19)26-12-7-3-10(4-8-12)9-1-5-11(6-2-9)20-14-13(15(24)25)21-23-22-14/h4-5,8-9,12-15,18,20,30H,3,6-7,10-11,16H2,1-2H3;5-6,9-11,13H,2-4,7-8H2,1H3,(H2,22,23,24,25);3-4,7-9,11H,1-2,5-6H2,(H,24,25)(H2,20,21,22,23). The number of esters is 2. The molecule has 6 N–H and O–H groups in total. The fourth-order valence-electron chi connectivity index (χ4n) is 11.1. The maximum absolute atomic E-state index is 12.5. The second-order valence-electron chi connectivity index (χ2n) is 21.5. The van der Waals surface area contributed by atoms with Gasteiger partial charge in [0.2, 0.25) is 17.1 Å². The van der Waals surface area contributed by atoms with Crippen molar-refractivity contribution in [3.8, 4) is 23.0 Å². The van der Waals surface area contributed by atoms with Gasteiger partial charge >= 0.3 is 37.0 Å². The molecule has 490 valence electrons. The van der Waals surface area contributed by atoms with Crippen LogP contribution >= 0.6 is 0 Å². The Balaban J connectivity index is 0.000000179. The van der Waals surface area contributed by atoms with Crippen LogP contribution in [0.5, 0.6) is 23.0 Å². The summed E-state index contributed by atoms with van der Waals surface area (Å²) < 4.78 is 139. The number of ether oxygens (including phenoxy) is 6. The summed E-state index contributed by atoms with van der Waals surface area (Å²) in [7, 11) is 1.60. The van der Waals surface area contributed by atoms with E-state index in [0.717, 1.165) is 105 Å². The van der Waals surface area contributed by atoms with Gasteiger partial charge in [-0.1, -0.05) is 53.7 Å². The first kappa shape index (κ1) is 67.6. The Morgan fingerprint density at radius 1 is 0.495 bits per heavy atom. The van der Waals surface area contributed by atoms with E-state index < -0.39 is 37.0 Å². The van der Waals surface area contributed by atoms with Gasteiger partial charge in [-0.25, -0.2) is 19.1 Å². The van der Waals surface area contributed by atoms with Crippen LogP contribution in [0.15, 0.2) is 97.1 Å². The highest BCUT2D eigenvalue weighted by molar-refractivity contribution is 5.93. The Morgan fingerprint density at radius 2 is 0.846 bits per heavy atom. The lowest BCUT2D eigenvalue weighted by atomic mass is 9.81. The molecule has 0 bridgehead atoms. The Labute approximate surface area is 515 Å². The van der Waals surface area contributed by atoms with Gasteiger partial charge in [0, 0.05) is 18.1 Å². The van der Waals surface area contributed by atoms with Gasteiger partial charge in [-0.15, -0.1) is 65.0 Å². The number of nitrogens with zero attached hydrogens (tertiary/aromatic N) is 7. The van der Waals surface area contributed by atoms with Crippen molar-refractivity contribution in [2.45, 2.75) is 152 Å². The average molecular weight is 1290 g/mol. The van der Waals surface area contributed by atoms with Crippen molar-refractivity contribution in [3.05, 3.63) is 136 Å². The highest BCUT2D eigenvalue weighted by Gasteiger charge is 2.35. The van der Waals surface area contributed by atoms with E-state index in [1.807, 2.05) is 24.3 Å². The van der Waals surface area contributed by atoms with Gasteiger partial charge in [0.15, 0.2) is 17.5 Å². The molecule has 31 heteroatoms. The van der Waals surface area contributed by atoms with E-state index in [2.05, 4.69) is 71.3 Å². The lowest BCUT2D eigenvalue weighted by Gasteiger charge is -2.30. The maximum Gasteiger partial charge on any atom is 0.573 e. The molecule has 3 aliphatic carbocycles. The summed E-state index contributed by atoms with van der Waals surface area (Å²) >= 11 is 0. The summed E-state index contributed by atoms with van der Waals surface area (Å²) in [5, 5.41) is 47.0. The Morgan fingerprint density at radius 3 is 1.21 bits per heavy atom. The molecule has 0 atom stereocenters. The summed E-state index contributed by atoms with van der Waals surface area (Å²) in [4.78, 5) is 35.4. The van der Waals surface area contributed by atoms with Crippen LogP contribution in [-0.4, -0.2) is 126 Å². The lowest BCUT2D eigenvalue weighted by molar-refractivity contribution is -0.275. The van der Waals surface area contributed by atoms with Gasteiger partial charge in [0.05, 0.1) is 26.9 Å². The molecular weight excluding hydrogens is 1220 g/mol. The van der Waals surface area contributed by atoms with Crippen LogP contribution in [0.2, 0.25) is 0 Å². The largest absolute Gasteiger partial charge is 0.573 e. The molecule has 0 unspecified atom stereocenters. The number of hydrogen-bond acceptors (Lipinski definition) is 18. The molecule has 0 spiro atoms. The van der Waals surface area contributed by atoms with E-state index in [1.54, 1.807) is 62.0 Å². The van der Waals surface area contributed by atoms with Crippen LogP contribution < -0.4 is 34.9 Å². The fraction of sp³-hybridized carbons (Fsp3) is 0.450. The second-order valence-corrected chi connectivity index (χ2v) is 21.5. The molecule has 4 aromatic carbocycles. The van der Waals surface area contributed by atoms with Crippen molar-refractivity contribution in [2.24, 2.45) is 0 Å². The summed E-state index contributed by atoms with van der Waals surface area (Å²) in [6, 6.07) is 25.9. The number of alkyl halides is 9. The highest BCUT2D eigenvalue weighted by atomic mass is 19.4. The van der Waals surface area contributed by atoms with Crippen LogP contribution in [0.25, 0.3) is 0 Å². The highest BCUT2D eigenvalue weighted by Crippen LogP contribution is 2.39. The first-order chi connectivity index (χ1) is 43.4. The number of carboxylic acid groups (broad SMARTS) is 1. The smallest absolute Gasteiger partial charge is 0.497 e. The molecule has 0 aliphatic heterocycles. The minimum absolute atomic E-state index is 0.0716. The quantitative estimate of drug-likeness (QED) is 0.0306. The van der Waals surface area contributed by atoms with Crippen LogP contribution in [0.4, 0.5) is 57.0 Å². The molecule has 3 fully saturated rings. The lowest BCUT2D eigenvalue weighted by Crippen LogP contribution is -2.28. The van der Waals surface area contributed by atoms with E-state index in [9.17, 15) is 53.9 Å². The zero-order valence-electron chi connectivity index (χ0n) is 49.5. The average Bonchev–Trinajstić information content (AvgIpc) is 1.82. The van der Waals surface area contributed by atoms with E-state index in [1.165, 1.54) is 36.4 Å². The van der Waals surface area contributed by atoms with Crippen LogP contribution in [0, 0.1) is 0 Å². The van der Waals surface area contributed by atoms with Gasteiger partial charge in [-0.3, -0.25) is 0 Å². The predicted octanol–water partition coefficient (Wildman–Crippen LogP) is 13.1. The number of H-pyrrole nitrogens is 2. The van der Waals surface area contributed by atoms with Crippen molar-refractivity contribution in [2.75, 3.05) is 36.3 Å². The molecule has 3 heterocycles. The first-order valence-electron chi connectivity index (χ1n) is 29.2. The van der Waals surface area contributed by atoms with E-state index in [-0.39, 0.29) is 89.2 Å². The normalized spacial score (nSPS) is 19.2. The molecule has 3 aromatic heterocycles. The number of carboxylic acids is 1.